The first-order valence-corrected chi connectivity index (χ1v) is 8.94. The molecular weight excluding hydrogens is 352 g/mol. The second-order valence-corrected chi connectivity index (χ2v) is 6.72. The third-order valence-electron chi connectivity index (χ3n) is 3.61. The molecule has 1 saturated heterocycles. The highest BCUT2D eigenvalue weighted by molar-refractivity contribution is 7.99. The molecule has 24 heavy (non-hydrogen) atoms. The summed E-state index contributed by atoms with van der Waals surface area (Å²) in [5.74, 6) is -0.0895. The Bertz CT molecular complexity index is 770. The van der Waals surface area contributed by atoms with E-state index in [0.717, 1.165) is 19.4 Å². The van der Waals surface area contributed by atoms with Crippen molar-refractivity contribution in [2.45, 2.75) is 30.6 Å². The molecule has 1 atom stereocenters. The number of carbonyl (C=O) groups excluding carboxylic acids is 1. The van der Waals surface area contributed by atoms with Crippen molar-refractivity contribution in [3.63, 3.8) is 0 Å². The van der Waals surface area contributed by atoms with Crippen LogP contribution in [0.2, 0.25) is 5.02 Å². The fraction of sp³-hybridized carbons (Fsp3) is 0.400. The lowest BCUT2D eigenvalue weighted by molar-refractivity contribution is -0.113. The smallest absolute Gasteiger partial charge is 0.344 e. The molecular formula is C15H17ClN4O3S. The van der Waals surface area contributed by atoms with Gasteiger partial charge in [-0.25, -0.2) is 9.89 Å². The highest BCUT2D eigenvalue weighted by atomic mass is 35.5. The van der Waals surface area contributed by atoms with Gasteiger partial charge in [0.2, 0.25) is 5.91 Å². The van der Waals surface area contributed by atoms with Gasteiger partial charge in [0.05, 0.1) is 29.1 Å². The number of anilines is 1. The molecule has 1 fully saturated rings. The summed E-state index contributed by atoms with van der Waals surface area (Å²) >= 11 is 7.21. The van der Waals surface area contributed by atoms with Crippen LogP contribution in [-0.2, 0) is 16.1 Å². The number of aromatic amines is 1. The number of aromatic nitrogens is 3. The average Bonchev–Trinajstić information content (AvgIpc) is 3.19. The minimum atomic E-state index is -0.292. The third-order valence-corrected chi connectivity index (χ3v) is 4.92. The summed E-state index contributed by atoms with van der Waals surface area (Å²) in [4.78, 5) is 23.9. The number of rotatable bonds is 6. The Labute approximate surface area is 147 Å². The number of benzene rings is 1. The van der Waals surface area contributed by atoms with Crippen molar-refractivity contribution in [3.8, 4) is 0 Å². The summed E-state index contributed by atoms with van der Waals surface area (Å²) in [6.45, 7) is 1.17. The lowest BCUT2D eigenvalue weighted by Crippen LogP contribution is -2.25. The van der Waals surface area contributed by atoms with Crippen LogP contribution in [0.15, 0.2) is 34.2 Å². The van der Waals surface area contributed by atoms with Gasteiger partial charge in [0.1, 0.15) is 0 Å². The first-order chi connectivity index (χ1) is 11.6. The van der Waals surface area contributed by atoms with E-state index in [9.17, 15) is 9.59 Å². The first-order valence-electron chi connectivity index (χ1n) is 7.57. The molecule has 2 N–H and O–H groups in total. The topological polar surface area (TPSA) is 89.0 Å². The van der Waals surface area contributed by atoms with Crippen molar-refractivity contribution in [2.24, 2.45) is 0 Å². The van der Waals surface area contributed by atoms with Crippen LogP contribution >= 0.6 is 23.4 Å². The van der Waals surface area contributed by atoms with E-state index in [2.05, 4.69) is 15.5 Å². The average molecular weight is 369 g/mol. The molecule has 2 heterocycles. The van der Waals surface area contributed by atoms with E-state index in [4.69, 9.17) is 16.3 Å². The zero-order chi connectivity index (χ0) is 16.9. The first kappa shape index (κ1) is 17.1. The molecule has 7 nitrogen and oxygen atoms in total. The number of halogens is 1. The van der Waals surface area contributed by atoms with Crippen molar-refractivity contribution in [2.75, 3.05) is 17.7 Å². The number of ether oxygens (including phenoxy) is 1. The summed E-state index contributed by atoms with van der Waals surface area (Å²) in [7, 11) is 0. The van der Waals surface area contributed by atoms with Crippen molar-refractivity contribution in [3.05, 3.63) is 39.8 Å². The predicted octanol–water partition coefficient (Wildman–Crippen LogP) is 2.13. The number of hydrogen-bond acceptors (Lipinski definition) is 5. The van der Waals surface area contributed by atoms with Crippen LogP contribution in [0.25, 0.3) is 0 Å². The number of hydrogen-bond donors (Lipinski definition) is 2. The minimum Gasteiger partial charge on any atom is -0.376 e. The Balaban J connectivity index is 1.59. The van der Waals surface area contributed by atoms with E-state index >= 15 is 0 Å². The summed E-state index contributed by atoms with van der Waals surface area (Å²) in [6.07, 6.45) is 1.95. The maximum Gasteiger partial charge on any atom is 0.344 e. The van der Waals surface area contributed by atoms with Gasteiger partial charge in [0, 0.05) is 6.61 Å². The maximum atomic E-state index is 12.1. The number of nitrogens with one attached hydrogen (secondary N) is 2. The Morgan fingerprint density at radius 3 is 3.08 bits per heavy atom. The monoisotopic (exact) mass is 368 g/mol. The second-order valence-electron chi connectivity index (χ2n) is 5.37. The molecule has 1 aliphatic heterocycles. The molecule has 3 rings (SSSR count). The molecule has 9 heteroatoms. The number of para-hydroxylation sites is 1. The quantitative estimate of drug-likeness (QED) is 0.762. The molecule has 2 aromatic rings. The zero-order valence-corrected chi connectivity index (χ0v) is 14.4. The van der Waals surface area contributed by atoms with Gasteiger partial charge < -0.3 is 10.1 Å². The molecule has 0 spiro atoms. The Kier molecular flexibility index (Phi) is 5.60. The fourth-order valence-corrected chi connectivity index (χ4v) is 3.38. The van der Waals surface area contributed by atoms with Crippen LogP contribution in [0.5, 0.6) is 0 Å². The van der Waals surface area contributed by atoms with E-state index in [1.54, 1.807) is 24.3 Å². The Morgan fingerprint density at radius 1 is 1.50 bits per heavy atom. The number of carbonyl (C=O) groups is 1. The minimum absolute atomic E-state index is 0.0246. The van der Waals surface area contributed by atoms with E-state index in [1.165, 1.54) is 16.3 Å². The summed E-state index contributed by atoms with van der Waals surface area (Å²) in [5.41, 5.74) is 0.267. The van der Waals surface area contributed by atoms with Crippen LogP contribution in [0.1, 0.15) is 12.8 Å². The van der Waals surface area contributed by atoms with Crippen LogP contribution in [0.4, 0.5) is 5.69 Å². The van der Waals surface area contributed by atoms with Gasteiger partial charge >= 0.3 is 5.69 Å². The summed E-state index contributed by atoms with van der Waals surface area (Å²) in [5, 5.41) is 10.1. The highest BCUT2D eigenvalue weighted by Gasteiger charge is 2.20. The second kappa shape index (κ2) is 7.87. The molecule has 0 bridgehead atoms. The van der Waals surface area contributed by atoms with Gasteiger partial charge in [0.25, 0.3) is 0 Å². The molecule has 1 aromatic carbocycles. The summed E-state index contributed by atoms with van der Waals surface area (Å²) in [6, 6.07) is 7.02. The normalized spacial score (nSPS) is 17.1. The number of thioether (sulfide) groups is 1. The largest absolute Gasteiger partial charge is 0.376 e. The SMILES string of the molecule is O=C(CSc1n[nH]c(=O)n1C[C@@H]1CCCO1)Nc1ccccc1Cl. The van der Waals surface area contributed by atoms with Crippen molar-refractivity contribution in [1.29, 1.82) is 0 Å². The maximum absolute atomic E-state index is 12.1. The molecule has 0 radical (unpaired) electrons. The highest BCUT2D eigenvalue weighted by Crippen LogP contribution is 2.22. The van der Waals surface area contributed by atoms with Crippen LogP contribution in [0.3, 0.4) is 0 Å². The standard InChI is InChI=1S/C15H17ClN4O3S/c16-11-5-1-2-6-12(11)17-13(21)9-24-15-19-18-14(22)20(15)8-10-4-3-7-23-10/h1-2,5-6,10H,3-4,7-9H2,(H,17,21)(H,18,22)/t10-/m0/s1. The molecule has 1 amide bonds. The van der Waals surface area contributed by atoms with Gasteiger partial charge in [-0.1, -0.05) is 35.5 Å². The molecule has 1 aliphatic rings. The van der Waals surface area contributed by atoms with Gasteiger partial charge in [-0.05, 0) is 25.0 Å². The van der Waals surface area contributed by atoms with E-state index in [-0.39, 0.29) is 23.5 Å². The Hall–Kier alpha value is -1.77. The van der Waals surface area contributed by atoms with Crippen molar-refractivity contribution < 1.29 is 9.53 Å². The van der Waals surface area contributed by atoms with Gasteiger partial charge in [-0.15, -0.1) is 5.10 Å². The lowest BCUT2D eigenvalue weighted by atomic mass is 10.2. The number of H-pyrrole nitrogens is 1. The Morgan fingerprint density at radius 2 is 2.33 bits per heavy atom. The van der Waals surface area contributed by atoms with Gasteiger partial charge in [0.15, 0.2) is 5.16 Å². The van der Waals surface area contributed by atoms with Crippen LogP contribution in [0, 0.1) is 0 Å². The molecule has 128 valence electrons. The lowest BCUT2D eigenvalue weighted by Gasteiger charge is -2.11. The van der Waals surface area contributed by atoms with Gasteiger partial charge in [-0.3, -0.25) is 9.36 Å². The van der Waals surface area contributed by atoms with Gasteiger partial charge in [-0.2, -0.15) is 0 Å². The fourth-order valence-electron chi connectivity index (χ4n) is 2.45. The molecule has 0 aliphatic carbocycles. The summed E-state index contributed by atoms with van der Waals surface area (Å²) < 4.78 is 7.07. The van der Waals surface area contributed by atoms with Crippen LogP contribution in [-0.4, -0.2) is 39.1 Å². The third kappa shape index (κ3) is 4.19. The molecule has 0 unspecified atom stereocenters. The van der Waals surface area contributed by atoms with Crippen molar-refractivity contribution in [1.82, 2.24) is 14.8 Å². The molecule has 0 saturated carbocycles. The molecule has 1 aromatic heterocycles. The predicted molar refractivity (Wildman–Crippen MR) is 92.6 cm³/mol. The number of amides is 1. The zero-order valence-electron chi connectivity index (χ0n) is 12.8. The van der Waals surface area contributed by atoms with E-state index in [1.807, 2.05) is 0 Å². The van der Waals surface area contributed by atoms with Crippen molar-refractivity contribution >= 4 is 35.0 Å². The van der Waals surface area contributed by atoms with E-state index in [0.29, 0.717) is 22.4 Å². The van der Waals surface area contributed by atoms with Crippen LogP contribution < -0.4 is 11.0 Å². The van der Waals surface area contributed by atoms with E-state index < -0.39 is 0 Å². The number of nitrogens with zero attached hydrogens (tertiary/aromatic N) is 2.